The van der Waals surface area contributed by atoms with Gasteiger partial charge in [0.15, 0.2) is 0 Å². The molecule has 1 saturated carbocycles. The van der Waals surface area contributed by atoms with E-state index in [0.29, 0.717) is 12.8 Å². The highest BCUT2D eigenvalue weighted by Crippen LogP contribution is 2.49. The van der Waals surface area contributed by atoms with Crippen LogP contribution in [-0.2, 0) is 0 Å². The molecule has 0 saturated heterocycles. The number of hydrazone groups is 1. The Morgan fingerprint density at radius 3 is 2.50 bits per heavy atom. The Labute approximate surface area is 135 Å². The quantitative estimate of drug-likeness (QED) is 0.795. The topological polar surface area (TPSA) is 52.9 Å². The summed E-state index contributed by atoms with van der Waals surface area (Å²) in [5, 5.41) is 14.5. The van der Waals surface area contributed by atoms with Crippen LogP contribution >= 0.6 is 0 Å². The van der Waals surface area contributed by atoms with Crippen LogP contribution in [0.4, 0.5) is 17.6 Å². The van der Waals surface area contributed by atoms with Crippen LogP contribution in [0.25, 0.3) is 0 Å². The van der Waals surface area contributed by atoms with Crippen LogP contribution in [0.3, 0.4) is 0 Å². The minimum Gasteiger partial charge on any atom is -0.362 e. The van der Waals surface area contributed by atoms with Crippen molar-refractivity contribution in [3.05, 3.63) is 35.6 Å². The number of aliphatic hydroxyl groups is 1. The number of nitrogens with zero attached hydrogens (tertiary/aromatic N) is 2. The van der Waals surface area contributed by atoms with Gasteiger partial charge in [-0.25, -0.2) is 4.39 Å². The highest BCUT2D eigenvalue weighted by Gasteiger charge is 2.69. The van der Waals surface area contributed by atoms with Gasteiger partial charge in [-0.3, -0.25) is 4.79 Å². The molecule has 1 aromatic rings. The van der Waals surface area contributed by atoms with Gasteiger partial charge in [0, 0.05) is 11.3 Å². The summed E-state index contributed by atoms with van der Waals surface area (Å²) in [6, 6.07) is 4.08. The van der Waals surface area contributed by atoms with Gasteiger partial charge < -0.3 is 5.11 Å². The van der Waals surface area contributed by atoms with Crippen molar-refractivity contribution in [1.29, 1.82) is 0 Å². The number of hydrogen-bond donors (Lipinski definition) is 1. The van der Waals surface area contributed by atoms with Crippen molar-refractivity contribution in [2.75, 3.05) is 0 Å². The molecule has 0 bridgehead atoms. The third-order valence-corrected chi connectivity index (χ3v) is 4.72. The molecule has 4 nitrogen and oxygen atoms in total. The fourth-order valence-corrected chi connectivity index (χ4v) is 3.42. The molecule has 1 fully saturated rings. The molecule has 1 heterocycles. The number of rotatable bonds is 1. The largest absolute Gasteiger partial charge is 0.439 e. The average molecular weight is 344 g/mol. The lowest BCUT2D eigenvalue weighted by Gasteiger charge is -2.39. The monoisotopic (exact) mass is 344 g/mol. The fraction of sp³-hybridized carbons (Fsp3) is 0.500. The fourth-order valence-electron chi connectivity index (χ4n) is 3.42. The van der Waals surface area contributed by atoms with E-state index >= 15 is 0 Å². The summed E-state index contributed by atoms with van der Waals surface area (Å²) >= 11 is 0. The molecule has 24 heavy (non-hydrogen) atoms. The van der Waals surface area contributed by atoms with E-state index in [1.165, 1.54) is 0 Å². The van der Waals surface area contributed by atoms with E-state index in [-0.39, 0.29) is 28.6 Å². The van der Waals surface area contributed by atoms with Crippen molar-refractivity contribution < 1.29 is 27.5 Å². The molecule has 0 unspecified atom stereocenters. The number of fused-ring (bicyclic) bond motifs is 1. The van der Waals surface area contributed by atoms with Crippen LogP contribution < -0.4 is 0 Å². The standard InChI is InChI=1S/C16H16F4N2O2/c1-9-3-2-4-12-13(9)21-22(15(12,24)16(18,19)20)14(23)10-5-7-11(17)8-6-10/h5-9,12,24H,2-4H2,1H3/t9-,12+,15+/m1/s1. The van der Waals surface area contributed by atoms with Crippen LogP contribution in [0.15, 0.2) is 29.4 Å². The molecule has 1 aliphatic carbocycles. The Morgan fingerprint density at radius 2 is 1.92 bits per heavy atom. The number of halogens is 4. The maximum absolute atomic E-state index is 13.7. The molecule has 1 aromatic carbocycles. The van der Waals surface area contributed by atoms with Crippen molar-refractivity contribution >= 4 is 11.6 Å². The van der Waals surface area contributed by atoms with Crippen LogP contribution in [0.2, 0.25) is 0 Å². The number of hydrogen-bond acceptors (Lipinski definition) is 3. The number of benzene rings is 1. The van der Waals surface area contributed by atoms with Crippen molar-refractivity contribution in [3.63, 3.8) is 0 Å². The molecule has 1 N–H and O–H groups in total. The third kappa shape index (κ3) is 2.40. The van der Waals surface area contributed by atoms with Gasteiger partial charge >= 0.3 is 6.18 Å². The molecule has 2 aliphatic rings. The lowest BCUT2D eigenvalue weighted by Crippen LogP contribution is -2.61. The summed E-state index contributed by atoms with van der Waals surface area (Å²) < 4.78 is 53.9. The Bertz CT molecular complexity index is 686. The van der Waals surface area contributed by atoms with E-state index in [4.69, 9.17) is 0 Å². The molecule has 0 spiro atoms. The van der Waals surface area contributed by atoms with Gasteiger partial charge in [-0.15, -0.1) is 0 Å². The van der Waals surface area contributed by atoms with Gasteiger partial charge in [-0.1, -0.05) is 13.3 Å². The summed E-state index contributed by atoms with van der Waals surface area (Å²) in [4.78, 5) is 12.5. The minimum absolute atomic E-state index is 0.104. The zero-order valence-corrected chi connectivity index (χ0v) is 12.8. The SMILES string of the molecule is C[C@@H]1CCC[C@H]2C1=NN(C(=O)c1ccc(F)cc1)[C@@]2(O)C(F)(F)F. The zero-order chi connectivity index (χ0) is 17.7. The van der Waals surface area contributed by atoms with E-state index in [1.807, 2.05) is 0 Å². The molecule has 1 aliphatic heterocycles. The summed E-state index contributed by atoms with van der Waals surface area (Å²) in [5.41, 5.74) is -3.35. The first-order valence-corrected chi connectivity index (χ1v) is 7.64. The number of amides is 1. The summed E-state index contributed by atoms with van der Waals surface area (Å²) in [5.74, 6) is -3.24. The second-order valence-corrected chi connectivity index (χ2v) is 6.26. The third-order valence-electron chi connectivity index (χ3n) is 4.72. The second-order valence-electron chi connectivity index (χ2n) is 6.26. The van der Waals surface area contributed by atoms with Gasteiger partial charge in [0.2, 0.25) is 0 Å². The first-order chi connectivity index (χ1) is 11.2. The van der Waals surface area contributed by atoms with E-state index in [1.54, 1.807) is 6.92 Å². The Morgan fingerprint density at radius 1 is 1.29 bits per heavy atom. The van der Waals surface area contributed by atoms with Crippen LogP contribution in [0.1, 0.15) is 36.5 Å². The normalized spacial score (nSPS) is 30.1. The molecule has 3 rings (SSSR count). The van der Waals surface area contributed by atoms with Crippen molar-refractivity contribution in [2.45, 2.75) is 38.1 Å². The van der Waals surface area contributed by atoms with Crippen molar-refractivity contribution in [1.82, 2.24) is 5.01 Å². The Balaban J connectivity index is 2.06. The second kappa shape index (κ2) is 5.54. The highest BCUT2D eigenvalue weighted by molar-refractivity contribution is 6.00. The molecule has 1 amide bonds. The van der Waals surface area contributed by atoms with Gasteiger partial charge in [-0.05, 0) is 43.0 Å². The molecule has 3 atom stereocenters. The summed E-state index contributed by atoms with van der Waals surface area (Å²) in [7, 11) is 0. The molecule has 0 aromatic heterocycles. The van der Waals surface area contributed by atoms with Gasteiger partial charge in [0.25, 0.3) is 11.6 Å². The Hall–Kier alpha value is -1.96. The maximum Gasteiger partial charge on any atom is 0.439 e. The number of alkyl halides is 3. The van der Waals surface area contributed by atoms with Gasteiger partial charge in [-0.2, -0.15) is 23.3 Å². The van der Waals surface area contributed by atoms with Crippen LogP contribution in [0.5, 0.6) is 0 Å². The average Bonchev–Trinajstić information content (AvgIpc) is 2.83. The summed E-state index contributed by atoms with van der Waals surface area (Å²) in [6.07, 6.45) is -3.79. The van der Waals surface area contributed by atoms with E-state index in [9.17, 15) is 27.5 Å². The predicted octanol–water partition coefficient (Wildman–Crippen LogP) is 3.32. The number of carbonyl (C=O) groups excluding carboxylic acids is 1. The van der Waals surface area contributed by atoms with E-state index in [0.717, 1.165) is 24.3 Å². The first-order valence-electron chi connectivity index (χ1n) is 7.64. The van der Waals surface area contributed by atoms with E-state index in [2.05, 4.69) is 5.10 Å². The van der Waals surface area contributed by atoms with Crippen molar-refractivity contribution in [3.8, 4) is 0 Å². The van der Waals surface area contributed by atoms with Crippen molar-refractivity contribution in [2.24, 2.45) is 16.9 Å². The molecule has 8 heteroatoms. The zero-order valence-electron chi connectivity index (χ0n) is 12.8. The summed E-state index contributed by atoms with van der Waals surface area (Å²) in [6.45, 7) is 1.73. The lowest BCUT2D eigenvalue weighted by molar-refractivity contribution is -0.312. The molecule has 130 valence electrons. The minimum atomic E-state index is -5.06. The van der Waals surface area contributed by atoms with Gasteiger partial charge in [0.1, 0.15) is 5.82 Å². The first kappa shape index (κ1) is 16.9. The van der Waals surface area contributed by atoms with Crippen LogP contribution in [-0.4, -0.2) is 33.6 Å². The maximum atomic E-state index is 13.7. The van der Waals surface area contributed by atoms with E-state index < -0.39 is 29.5 Å². The predicted molar refractivity (Wildman–Crippen MR) is 77.5 cm³/mol. The molecular formula is C16H16F4N2O2. The highest BCUT2D eigenvalue weighted by atomic mass is 19.4. The Kier molecular flexibility index (Phi) is 3.90. The lowest BCUT2D eigenvalue weighted by atomic mass is 9.75. The van der Waals surface area contributed by atoms with Crippen LogP contribution in [0, 0.1) is 17.7 Å². The number of carbonyl (C=O) groups is 1. The molecule has 0 radical (unpaired) electrons. The smallest absolute Gasteiger partial charge is 0.362 e. The van der Waals surface area contributed by atoms with Gasteiger partial charge in [0.05, 0.1) is 5.92 Å². The molecular weight excluding hydrogens is 328 g/mol.